The summed E-state index contributed by atoms with van der Waals surface area (Å²) in [6.45, 7) is 0. The zero-order valence-electron chi connectivity index (χ0n) is 11.1. The zero-order chi connectivity index (χ0) is 15.4. The zero-order valence-corrected chi connectivity index (χ0v) is 11.9. The van der Waals surface area contributed by atoms with Crippen molar-refractivity contribution in [2.24, 2.45) is 0 Å². The Kier molecular flexibility index (Phi) is 4.74. The molecule has 2 rings (SSSR count). The van der Waals surface area contributed by atoms with Gasteiger partial charge in [0.1, 0.15) is 17.3 Å². The molecule has 0 aliphatic carbocycles. The van der Waals surface area contributed by atoms with Crippen LogP contribution in [0.4, 0.5) is 20.2 Å². The Balaban J connectivity index is 2.17. The predicted octanol–water partition coefficient (Wildman–Crippen LogP) is 4.21. The molecule has 110 valence electrons. The van der Waals surface area contributed by atoms with E-state index in [1.807, 2.05) is 0 Å². The van der Waals surface area contributed by atoms with Gasteiger partial charge in [-0.25, -0.2) is 8.78 Å². The molecule has 2 aromatic rings. The molecule has 4 nitrogen and oxygen atoms in total. The van der Waals surface area contributed by atoms with E-state index in [9.17, 15) is 18.9 Å². The predicted molar refractivity (Wildman–Crippen MR) is 78.6 cm³/mol. The van der Waals surface area contributed by atoms with Crippen LogP contribution in [0.15, 0.2) is 41.3 Å². The number of hydrogen-bond acceptors (Lipinski definition) is 4. The van der Waals surface area contributed by atoms with Gasteiger partial charge in [0.25, 0.3) is 5.69 Å². The fourth-order valence-electron chi connectivity index (χ4n) is 1.78. The van der Waals surface area contributed by atoms with Crippen LogP contribution < -0.4 is 5.32 Å². The Morgan fingerprint density at radius 3 is 2.67 bits per heavy atom. The Morgan fingerprint density at radius 2 is 2.00 bits per heavy atom. The van der Waals surface area contributed by atoms with Crippen LogP contribution in [0.2, 0.25) is 0 Å². The number of benzene rings is 2. The second kappa shape index (κ2) is 6.53. The largest absolute Gasteiger partial charge is 0.383 e. The Bertz CT molecular complexity index is 680. The molecule has 0 radical (unpaired) electrons. The number of nitrogens with one attached hydrogen (secondary N) is 1. The lowest BCUT2D eigenvalue weighted by atomic mass is 10.2. The van der Waals surface area contributed by atoms with Crippen molar-refractivity contribution in [1.29, 1.82) is 0 Å². The van der Waals surface area contributed by atoms with Gasteiger partial charge in [-0.1, -0.05) is 6.07 Å². The number of nitrogens with zero attached hydrogens (tertiary/aromatic N) is 1. The fourth-order valence-corrected chi connectivity index (χ4v) is 2.68. The van der Waals surface area contributed by atoms with E-state index < -0.39 is 16.6 Å². The number of hydrogen-bond donors (Lipinski definition) is 1. The van der Waals surface area contributed by atoms with Crippen molar-refractivity contribution >= 4 is 23.1 Å². The van der Waals surface area contributed by atoms with E-state index >= 15 is 0 Å². The maximum atomic E-state index is 13.5. The van der Waals surface area contributed by atoms with E-state index in [4.69, 9.17) is 0 Å². The molecular weight excluding hydrogens is 298 g/mol. The number of nitro benzene ring substituents is 1. The van der Waals surface area contributed by atoms with Gasteiger partial charge in [-0.3, -0.25) is 10.1 Å². The summed E-state index contributed by atoms with van der Waals surface area (Å²) in [7, 11) is 1.59. The van der Waals surface area contributed by atoms with Crippen molar-refractivity contribution in [2.75, 3.05) is 12.4 Å². The van der Waals surface area contributed by atoms with Gasteiger partial charge in [0.15, 0.2) is 0 Å². The number of halogens is 2. The second-order valence-corrected chi connectivity index (χ2v) is 5.24. The number of thioether (sulfide) groups is 1. The Morgan fingerprint density at radius 1 is 1.24 bits per heavy atom. The summed E-state index contributed by atoms with van der Waals surface area (Å²) in [5, 5.41) is 13.6. The maximum Gasteiger partial charge on any atom is 0.292 e. The van der Waals surface area contributed by atoms with Gasteiger partial charge in [-0.2, -0.15) is 0 Å². The van der Waals surface area contributed by atoms with Gasteiger partial charge in [-0.05, 0) is 29.8 Å². The van der Waals surface area contributed by atoms with Crippen LogP contribution in [0.1, 0.15) is 5.56 Å². The summed E-state index contributed by atoms with van der Waals surface area (Å²) in [4.78, 5) is 10.6. The molecule has 21 heavy (non-hydrogen) atoms. The fraction of sp³-hybridized carbons (Fsp3) is 0.143. The normalized spacial score (nSPS) is 10.4. The van der Waals surface area contributed by atoms with Crippen molar-refractivity contribution in [2.45, 2.75) is 10.6 Å². The standard InChI is InChI=1S/C14H12F2N2O2S/c1-17-12-6-9(2-5-13(12)18(19)20)8-21-14-7-10(15)3-4-11(14)16/h2-7,17H,8H2,1H3. The highest BCUT2D eigenvalue weighted by molar-refractivity contribution is 7.98. The Labute approximate surface area is 124 Å². The van der Waals surface area contributed by atoms with Crippen molar-refractivity contribution in [1.82, 2.24) is 0 Å². The molecule has 0 aliphatic rings. The minimum Gasteiger partial charge on any atom is -0.383 e. The molecule has 0 heterocycles. The highest BCUT2D eigenvalue weighted by Gasteiger charge is 2.13. The summed E-state index contributed by atoms with van der Waals surface area (Å²) in [6.07, 6.45) is 0. The SMILES string of the molecule is CNc1cc(CSc2cc(F)ccc2F)ccc1[N+](=O)[O-]. The molecule has 0 amide bonds. The third-order valence-electron chi connectivity index (χ3n) is 2.81. The molecule has 0 fully saturated rings. The van der Waals surface area contributed by atoms with E-state index in [2.05, 4.69) is 5.32 Å². The van der Waals surface area contributed by atoms with Crippen LogP contribution in [-0.2, 0) is 5.75 Å². The lowest BCUT2D eigenvalue weighted by Crippen LogP contribution is -1.97. The first-order valence-corrected chi connectivity index (χ1v) is 7.02. The molecule has 0 unspecified atom stereocenters. The van der Waals surface area contributed by atoms with Gasteiger partial charge >= 0.3 is 0 Å². The summed E-state index contributed by atoms with van der Waals surface area (Å²) >= 11 is 1.14. The molecule has 2 aromatic carbocycles. The van der Waals surface area contributed by atoms with Crippen molar-refractivity contribution in [3.63, 3.8) is 0 Å². The van der Waals surface area contributed by atoms with E-state index in [1.165, 1.54) is 6.07 Å². The van der Waals surface area contributed by atoms with Crippen molar-refractivity contribution in [3.8, 4) is 0 Å². The summed E-state index contributed by atoms with van der Waals surface area (Å²) < 4.78 is 26.6. The van der Waals surface area contributed by atoms with Crippen LogP contribution in [-0.4, -0.2) is 12.0 Å². The van der Waals surface area contributed by atoms with Crippen LogP contribution in [0, 0.1) is 21.7 Å². The van der Waals surface area contributed by atoms with E-state index in [0.29, 0.717) is 11.4 Å². The van der Waals surface area contributed by atoms with Crippen LogP contribution in [0.3, 0.4) is 0 Å². The Hall–Kier alpha value is -2.15. The molecule has 7 heteroatoms. The highest BCUT2D eigenvalue weighted by Crippen LogP contribution is 2.30. The summed E-state index contributed by atoms with van der Waals surface area (Å²) in [5.74, 6) is -0.608. The first-order valence-electron chi connectivity index (χ1n) is 6.04. The van der Waals surface area contributed by atoms with Gasteiger partial charge in [0.05, 0.1) is 4.92 Å². The lowest BCUT2D eigenvalue weighted by Gasteiger charge is -2.07. The molecule has 0 saturated heterocycles. The maximum absolute atomic E-state index is 13.5. The topological polar surface area (TPSA) is 55.2 Å². The van der Waals surface area contributed by atoms with E-state index in [1.54, 1.807) is 19.2 Å². The first-order chi connectivity index (χ1) is 10.0. The van der Waals surface area contributed by atoms with Crippen molar-refractivity contribution in [3.05, 3.63) is 63.7 Å². The molecule has 0 aromatic heterocycles. The van der Waals surface area contributed by atoms with Gasteiger partial charge in [-0.15, -0.1) is 11.8 Å². The van der Waals surface area contributed by atoms with Crippen molar-refractivity contribution < 1.29 is 13.7 Å². The average Bonchev–Trinajstić information content (AvgIpc) is 2.47. The molecule has 0 aliphatic heterocycles. The van der Waals surface area contributed by atoms with Crippen LogP contribution >= 0.6 is 11.8 Å². The number of rotatable bonds is 5. The van der Waals surface area contributed by atoms with E-state index in [0.717, 1.165) is 35.5 Å². The smallest absolute Gasteiger partial charge is 0.292 e. The van der Waals surface area contributed by atoms with E-state index in [-0.39, 0.29) is 10.6 Å². The van der Waals surface area contributed by atoms with Gasteiger partial charge in [0.2, 0.25) is 0 Å². The third-order valence-corrected chi connectivity index (χ3v) is 3.92. The number of nitro groups is 1. The highest BCUT2D eigenvalue weighted by atomic mass is 32.2. The molecule has 0 bridgehead atoms. The second-order valence-electron chi connectivity index (χ2n) is 4.22. The number of anilines is 1. The summed E-state index contributed by atoms with van der Waals surface area (Å²) in [6, 6.07) is 7.89. The van der Waals surface area contributed by atoms with Crippen LogP contribution in [0.25, 0.3) is 0 Å². The summed E-state index contributed by atoms with van der Waals surface area (Å²) in [5.41, 5.74) is 1.14. The minimum absolute atomic E-state index is 0.0248. The lowest BCUT2D eigenvalue weighted by molar-refractivity contribution is -0.383. The monoisotopic (exact) mass is 310 g/mol. The molecule has 0 saturated carbocycles. The minimum atomic E-state index is -0.501. The molecule has 0 atom stereocenters. The van der Waals surface area contributed by atoms with Gasteiger partial charge < -0.3 is 5.32 Å². The molecule has 0 spiro atoms. The van der Waals surface area contributed by atoms with Crippen LogP contribution in [0.5, 0.6) is 0 Å². The first kappa shape index (κ1) is 15.2. The third kappa shape index (κ3) is 3.69. The molecular formula is C14H12F2N2O2S. The molecule has 1 N–H and O–H groups in total. The van der Waals surface area contributed by atoms with Gasteiger partial charge in [0, 0.05) is 23.8 Å². The average molecular weight is 310 g/mol. The quantitative estimate of drug-likeness (QED) is 0.511.